The van der Waals surface area contributed by atoms with Gasteiger partial charge in [0.05, 0.1) is 16.8 Å². The van der Waals surface area contributed by atoms with Gasteiger partial charge in [0.15, 0.2) is 0 Å². The van der Waals surface area contributed by atoms with Crippen LogP contribution in [0.5, 0.6) is 0 Å². The van der Waals surface area contributed by atoms with Crippen molar-refractivity contribution in [3.63, 3.8) is 0 Å². The molecule has 4 nitrogen and oxygen atoms in total. The summed E-state index contributed by atoms with van der Waals surface area (Å²) in [5, 5.41) is 2.96. The highest BCUT2D eigenvalue weighted by Gasteiger charge is 2.37. The topological polar surface area (TPSA) is 41.0 Å². The number of hydrogen-bond acceptors (Lipinski definition) is 4. The molecule has 0 unspecified atom stereocenters. The normalized spacial score (nSPS) is 12.0. The van der Waals surface area contributed by atoms with Gasteiger partial charge in [0.25, 0.3) is 0 Å². The van der Waals surface area contributed by atoms with Crippen LogP contribution in [0.3, 0.4) is 0 Å². The molecule has 0 aliphatic rings. The zero-order chi connectivity index (χ0) is 22.1. The molecule has 0 bridgehead atoms. The summed E-state index contributed by atoms with van der Waals surface area (Å²) in [6, 6.07) is 9.85. The summed E-state index contributed by atoms with van der Waals surface area (Å²) >= 11 is 0. The third-order valence-electron chi connectivity index (χ3n) is 4.21. The first-order valence-corrected chi connectivity index (χ1v) is 8.60. The van der Waals surface area contributed by atoms with Gasteiger partial charge < -0.3 is 10.2 Å². The Kier molecular flexibility index (Phi) is 5.60. The van der Waals surface area contributed by atoms with Crippen LogP contribution in [0.15, 0.2) is 54.9 Å². The number of alkyl halides is 6. The molecule has 0 aliphatic carbocycles. The van der Waals surface area contributed by atoms with Gasteiger partial charge in [-0.05, 0) is 42.5 Å². The zero-order valence-corrected chi connectivity index (χ0v) is 15.8. The largest absolute Gasteiger partial charge is 0.416 e. The molecule has 0 saturated carbocycles. The van der Waals surface area contributed by atoms with Gasteiger partial charge in [-0.1, -0.05) is 0 Å². The Balaban J connectivity index is 1.97. The predicted molar refractivity (Wildman–Crippen MR) is 102 cm³/mol. The van der Waals surface area contributed by atoms with Crippen molar-refractivity contribution in [1.82, 2.24) is 9.97 Å². The van der Waals surface area contributed by atoms with Crippen molar-refractivity contribution < 1.29 is 26.3 Å². The molecule has 0 aliphatic heterocycles. The number of halogens is 6. The second kappa shape index (κ2) is 7.85. The van der Waals surface area contributed by atoms with E-state index >= 15 is 0 Å². The average Bonchev–Trinajstić information content (AvgIpc) is 2.67. The monoisotopic (exact) mass is 426 g/mol. The molecule has 0 saturated heterocycles. The maximum Gasteiger partial charge on any atom is 0.416 e. The van der Waals surface area contributed by atoms with Crippen molar-refractivity contribution >= 4 is 17.2 Å². The lowest BCUT2D eigenvalue weighted by Crippen LogP contribution is -2.11. The standard InChI is InChI=1S/C20H16F6N4/c1-30(2)16-5-3-15(4-6-16)29-18-10-17(27-11-28-18)12-7-13(19(21,22)23)9-14(8-12)20(24,25)26/h3-11H,1-2H3,(H,27,28,29). The SMILES string of the molecule is CN(C)c1ccc(Nc2cc(-c3cc(C(F)(F)F)cc(C(F)(F)F)c3)ncn2)cc1. The lowest BCUT2D eigenvalue weighted by molar-refractivity contribution is -0.143. The van der Waals surface area contributed by atoms with Crippen LogP contribution < -0.4 is 10.2 Å². The molecule has 3 aromatic rings. The summed E-state index contributed by atoms with van der Waals surface area (Å²) in [5.41, 5.74) is -1.60. The second-order valence-corrected chi connectivity index (χ2v) is 6.65. The lowest BCUT2D eigenvalue weighted by Gasteiger charge is -2.15. The number of hydrogen-bond donors (Lipinski definition) is 1. The van der Waals surface area contributed by atoms with Crippen molar-refractivity contribution in [2.45, 2.75) is 12.4 Å². The van der Waals surface area contributed by atoms with Crippen molar-refractivity contribution in [3.8, 4) is 11.3 Å². The fraction of sp³-hybridized carbons (Fsp3) is 0.200. The Bertz CT molecular complexity index is 994. The molecule has 2 aromatic carbocycles. The quantitative estimate of drug-likeness (QED) is 0.521. The number of anilines is 3. The van der Waals surface area contributed by atoms with Crippen LogP contribution in [0.2, 0.25) is 0 Å². The van der Waals surface area contributed by atoms with Crippen molar-refractivity contribution in [3.05, 3.63) is 66.0 Å². The van der Waals surface area contributed by atoms with Gasteiger partial charge in [-0.25, -0.2) is 9.97 Å². The molecule has 1 aromatic heterocycles. The molecule has 1 heterocycles. The molecule has 0 amide bonds. The number of nitrogens with zero attached hydrogens (tertiary/aromatic N) is 3. The summed E-state index contributed by atoms with van der Waals surface area (Å²) in [4.78, 5) is 9.73. The molecular formula is C20H16F6N4. The van der Waals surface area contributed by atoms with E-state index in [9.17, 15) is 26.3 Å². The predicted octanol–water partition coefficient (Wildman–Crippen LogP) is 5.99. The van der Waals surface area contributed by atoms with Crippen LogP contribution in [0.25, 0.3) is 11.3 Å². The van der Waals surface area contributed by atoms with Gasteiger partial charge in [0, 0.05) is 37.1 Å². The molecule has 0 spiro atoms. The van der Waals surface area contributed by atoms with E-state index in [1.165, 1.54) is 6.07 Å². The van der Waals surface area contributed by atoms with Crippen molar-refractivity contribution in [2.75, 3.05) is 24.3 Å². The van der Waals surface area contributed by atoms with Gasteiger partial charge in [-0.15, -0.1) is 0 Å². The average molecular weight is 426 g/mol. The van der Waals surface area contributed by atoms with Crippen LogP contribution in [0, 0.1) is 0 Å². The van der Waals surface area contributed by atoms with Crippen LogP contribution in [-0.4, -0.2) is 24.1 Å². The Morgan fingerprint density at radius 1 is 0.767 bits per heavy atom. The van der Waals surface area contributed by atoms with Crippen LogP contribution >= 0.6 is 0 Å². The summed E-state index contributed by atoms with van der Waals surface area (Å²) in [5.74, 6) is 0.226. The van der Waals surface area contributed by atoms with Crippen LogP contribution in [0.4, 0.5) is 43.5 Å². The minimum absolute atomic E-state index is 0.0750. The number of aromatic nitrogens is 2. The minimum atomic E-state index is -4.93. The summed E-state index contributed by atoms with van der Waals surface area (Å²) in [6.45, 7) is 0. The molecule has 0 fully saturated rings. The van der Waals surface area contributed by atoms with E-state index < -0.39 is 23.5 Å². The van der Waals surface area contributed by atoms with E-state index in [1.807, 2.05) is 31.1 Å². The first-order valence-electron chi connectivity index (χ1n) is 8.60. The van der Waals surface area contributed by atoms with Crippen molar-refractivity contribution in [2.24, 2.45) is 0 Å². The fourth-order valence-electron chi connectivity index (χ4n) is 2.68. The van der Waals surface area contributed by atoms with Gasteiger partial charge in [-0.3, -0.25) is 0 Å². The van der Waals surface area contributed by atoms with Gasteiger partial charge >= 0.3 is 12.4 Å². The Morgan fingerprint density at radius 2 is 1.33 bits per heavy atom. The first-order chi connectivity index (χ1) is 13.9. The molecule has 10 heteroatoms. The summed E-state index contributed by atoms with van der Waals surface area (Å²) < 4.78 is 78.6. The molecule has 30 heavy (non-hydrogen) atoms. The van der Waals surface area contributed by atoms with E-state index in [0.717, 1.165) is 12.0 Å². The number of nitrogens with one attached hydrogen (secondary N) is 1. The van der Waals surface area contributed by atoms with Crippen LogP contribution in [-0.2, 0) is 12.4 Å². The van der Waals surface area contributed by atoms with E-state index in [1.54, 1.807) is 12.1 Å². The molecule has 158 valence electrons. The Labute approximate surface area is 168 Å². The second-order valence-electron chi connectivity index (χ2n) is 6.65. The van der Waals surface area contributed by atoms with Gasteiger partial charge in [-0.2, -0.15) is 26.3 Å². The molecule has 1 N–H and O–H groups in total. The highest BCUT2D eigenvalue weighted by Crippen LogP contribution is 2.38. The third kappa shape index (κ3) is 5.00. The number of benzene rings is 2. The maximum absolute atomic E-state index is 13.1. The Morgan fingerprint density at radius 3 is 1.83 bits per heavy atom. The zero-order valence-electron chi connectivity index (χ0n) is 15.8. The van der Waals surface area contributed by atoms with Gasteiger partial charge in [0.1, 0.15) is 12.1 Å². The number of rotatable bonds is 4. The van der Waals surface area contributed by atoms with E-state index in [-0.39, 0.29) is 23.1 Å². The lowest BCUT2D eigenvalue weighted by atomic mass is 10.0. The maximum atomic E-state index is 13.1. The summed E-state index contributed by atoms with van der Waals surface area (Å²) in [7, 11) is 3.76. The summed E-state index contributed by atoms with van der Waals surface area (Å²) in [6.07, 6.45) is -8.80. The molecule has 3 rings (SSSR count). The first kappa shape index (κ1) is 21.4. The van der Waals surface area contributed by atoms with Crippen molar-refractivity contribution in [1.29, 1.82) is 0 Å². The third-order valence-corrected chi connectivity index (χ3v) is 4.21. The van der Waals surface area contributed by atoms with E-state index in [2.05, 4.69) is 15.3 Å². The Hall–Kier alpha value is -3.30. The van der Waals surface area contributed by atoms with E-state index in [0.29, 0.717) is 17.8 Å². The van der Waals surface area contributed by atoms with E-state index in [4.69, 9.17) is 0 Å². The smallest absolute Gasteiger partial charge is 0.378 e. The highest BCUT2D eigenvalue weighted by atomic mass is 19.4. The van der Waals surface area contributed by atoms with Gasteiger partial charge in [0.2, 0.25) is 0 Å². The minimum Gasteiger partial charge on any atom is -0.378 e. The highest BCUT2D eigenvalue weighted by molar-refractivity contribution is 5.67. The molecular weight excluding hydrogens is 410 g/mol. The molecule has 0 atom stereocenters. The fourth-order valence-corrected chi connectivity index (χ4v) is 2.68. The van der Waals surface area contributed by atoms with Crippen LogP contribution in [0.1, 0.15) is 11.1 Å². The molecule has 0 radical (unpaired) electrons.